The lowest BCUT2D eigenvalue weighted by Gasteiger charge is -2.04. The molecular weight excluding hydrogens is 268 g/mol. The molecule has 0 spiro atoms. The van der Waals surface area contributed by atoms with Crippen molar-refractivity contribution in [1.82, 2.24) is 5.32 Å². The molecule has 2 aromatic rings. The first-order chi connectivity index (χ1) is 10.2. The monoisotopic (exact) mass is 284 g/mol. The van der Waals surface area contributed by atoms with Crippen LogP contribution in [-0.2, 0) is 6.54 Å². The summed E-state index contributed by atoms with van der Waals surface area (Å²) in [6.45, 7) is 1.29. The number of carbonyl (C=O) groups is 1. The van der Waals surface area contributed by atoms with Gasteiger partial charge in [-0.25, -0.2) is 0 Å². The van der Waals surface area contributed by atoms with Gasteiger partial charge in [-0.15, -0.1) is 0 Å². The summed E-state index contributed by atoms with van der Waals surface area (Å²) < 4.78 is 0. The second kappa shape index (κ2) is 7.31. The van der Waals surface area contributed by atoms with Gasteiger partial charge in [0.1, 0.15) is 0 Å². The van der Waals surface area contributed by atoms with Crippen LogP contribution in [0.4, 0.5) is 5.69 Å². The standard InChI is InChI=1S/C16H16N2O3/c19-16(14-6-8-15(9-7-14)18(20)21)10-11-17-12-13-4-2-1-3-5-13/h1-9,17H,10-12H2. The molecule has 0 radical (unpaired) electrons. The maximum atomic E-state index is 11.9. The first-order valence-corrected chi connectivity index (χ1v) is 6.69. The summed E-state index contributed by atoms with van der Waals surface area (Å²) in [5, 5.41) is 13.7. The van der Waals surface area contributed by atoms with Crippen molar-refractivity contribution >= 4 is 11.5 Å². The highest BCUT2D eigenvalue weighted by Crippen LogP contribution is 2.13. The Bertz CT molecular complexity index is 609. The number of hydrogen-bond donors (Lipinski definition) is 1. The van der Waals surface area contributed by atoms with Crippen molar-refractivity contribution in [1.29, 1.82) is 0 Å². The molecule has 0 amide bonds. The van der Waals surface area contributed by atoms with Gasteiger partial charge in [0.2, 0.25) is 0 Å². The Morgan fingerprint density at radius 3 is 2.33 bits per heavy atom. The van der Waals surface area contributed by atoms with E-state index < -0.39 is 4.92 Å². The van der Waals surface area contributed by atoms with Crippen LogP contribution in [0.15, 0.2) is 54.6 Å². The molecule has 2 aromatic carbocycles. The van der Waals surface area contributed by atoms with E-state index in [1.165, 1.54) is 29.8 Å². The number of hydrogen-bond acceptors (Lipinski definition) is 4. The van der Waals surface area contributed by atoms with Gasteiger partial charge in [0, 0.05) is 37.2 Å². The zero-order valence-corrected chi connectivity index (χ0v) is 11.5. The molecule has 0 heterocycles. The van der Waals surface area contributed by atoms with Gasteiger partial charge in [0.25, 0.3) is 5.69 Å². The van der Waals surface area contributed by atoms with Crippen LogP contribution in [0, 0.1) is 10.1 Å². The third kappa shape index (κ3) is 4.50. The molecule has 21 heavy (non-hydrogen) atoms. The van der Waals surface area contributed by atoms with Gasteiger partial charge >= 0.3 is 0 Å². The number of rotatable bonds is 7. The van der Waals surface area contributed by atoms with Crippen LogP contribution in [0.25, 0.3) is 0 Å². The minimum absolute atomic E-state index is 0.00578. The first kappa shape index (κ1) is 14.9. The van der Waals surface area contributed by atoms with Crippen molar-refractivity contribution in [3.8, 4) is 0 Å². The molecule has 5 nitrogen and oxygen atoms in total. The SMILES string of the molecule is O=C(CCNCc1ccccc1)c1ccc([N+](=O)[O-])cc1. The van der Waals surface area contributed by atoms with E-state index in [4.69, 9.17) is 0 Å². The van der Waals surface area contributed by atoms with Crippen molar-refractivity contribution < 1.29 is 9.72 Å². The van der Waals surface area contributed by atoms with E-state index in [0.29, 0.717) is 25.1 Å². The van der Waals surface area contributed by atoms with Crippen LogP contribution >= 0.6 is 0 Å². The Kier molecular flexibility index (Phi) is 5.17. The highest BCUT2D eigenvalue weighted by molar-refractivity contribution is 5.96. The van der Waals surface area contributed by atoms with Gasteiger partial charge in [0.05, 0.1) is 4.92 Å². The fourth-order valence-electron chi connectivity index (χ4n) is 1.94. The highest BCUT2D eigenvalue weighted by Gasteiger charge is 2.09. The Labute approximate surface area is 122 Å². The lowest BCUT2D eigenvalue weighted by atomic mass is 10.1. The van der Waals surface area contributed by atoms with E-state index in [-0.39, 0.29) is 11.5 Å². The Balaban J connectivity index is 1.78. The maximum Gasteiger partial charge on any atom is 0.269 e. The van der Waals surface area contributed by atoms with Crippen molar-refractivity contribution in [3.05, 3.63) is 75.8 Å². The predicted molar refractivity (Wildman–Crippen MR) is 80.2 cm³/mol. The molecule has 0 aliphatic heterocycles. The van der Waals surface area contributed by atoms with Crippen molar-refractivity contribution in [2.24, 2.45) is 0 Å². The molecule has 0 unspecified atom stereocenters. The molecule has 1 N–H and O–H groups in total. The van der Waals surface area contributed by atoms with Gasteiger partial charge in [-0.1, -0.05) is 30.3 Å². The van der Waals surface area contributed by atoms with Crippen molar-refractivity contribution in [2.75, 3.05) is 6.54 Å². The summed E-state index contributed by atoms with van der Waals surface area (Å²) >= 11 is 0. The molecule has 0 fully saturated rings. The van der Waals surface area contributed by atoms with Crippen molar-refractivity contribution in [2.45, 2.75) is 13.0 Å². The minimum Gasteiger partial charge on any atom is -0.312 e. The van der Waals surface area contributed by atoms with Crippen LogP contribution in [0.5, 0.6) is 0 Å². The van der Waals surface area contributed by atoms with E-state index in [1.54, 1.807) is 0 Å². The average Bonchev–Trinajstić information content (AvgIpc) is 2.52. The van der Waals surface area contributed by atoms with Gasteiger partial charge in [-0.05, 0) is 17.7 Å². The van der Waals surface area contributed by atoms with Crippen LogP contribution in [0.1, 0.15) is 22.3 Å². The first-order valence-electron chi connectivity index (χ1n) is 6.69. The lowest BCUT2D eigenvalue weighted by molar-refractivity contribution is -0.384. The summed E-state index contributed by atoms with van der Waals surface area (Å²) in [4.78, 5) is 22.0. The molecule has 0 saturated heterocycles. The van der Waals surface area contributed by atoms with E-state index in [1.807, 2.05) is 30.3 Å². The zero-order chi connectivity index (χ0) is 15.1. The molecule has 2 rings (SSSR count). The number of nitrogens with one attached hydrogen (secondary N) is 1. The highest BCUT2D eigenvalue weighted by atomic mass is 16.6. The third-order valence-electron chi connectivity index (χ3n) is 3.10. The van der Waals surface area contributed by atoms with Crippen LogP contribution in [0.3, 0.4) is 0 Å². The molecule has 0 aliphatic rings. The number of nitro benzene ring substituents is 1. The fraction of sp³-hybridized carbons (Fsp3) is 0.188. The normalized spacial score (nSPS) is 10.3. The molecule has 0 saturated carbocycles. The van der Waals surface area contributed by atoms with E-state index in [2.05, 4.69) is 5.32 Å². The second-order valence-corrected chi connectivity index (χ2v) is 4.64. The van der Waals surface area contributed by atoms with Crippen molar-refractivity contribution in [3.63, 3.8) is 0 Å². The number of ketones is 1. The maximum absolute atomic E-state index is 11.9. The number of nitrogens with zero attached hydrogens (tertiary/aromatic N) is 1. The largest absolute Gasteiger partial charge is 0.312 e. The summed E-state index contributed by atoms with van der Waals surface area (Å²) in [5.41, 5.74) is 1.66. The number of carbonyl (C=O) groups excluding carboxylic acids is 1. The quantitative estimate of drug-likeness (QED) is 0.367. The third-order valence-corrected chi connectivity index (χ3v) is 3.10. The lowest BCUT2D eigenvalue weighted by Crippen LogP contribution is -2.17. The summed E-state index contributed by atoms with van der Waals surface area (Å²) in [6.07, 6.45) is 0.366. The zero-order valence-electron chi connectivity index (χ0n) is 11.5. The average molecular weight is 284 g/mol. The van der Waals surface area contributed by atoms with Gasteiger partial charge < -0.3 is 5.32 Å². The Morgan fingerprint density at radius 1 is 1.05 bits per heavy atom. The summed E-state index contributed by atoms with van der Waals surface area (Å²) in [6, 6.07) is 15.6. The Hall–Kier alpha value is -2.53. The number of benzene rings is 2. The van der Waals surface area contributed by atoms with Gasteiger partial charge in [-0.2, -0.15) is 0 Å². The predicted octanol–water partition coefficient (Wildman–Crippen LogP) is 2.96. The molecule has 0 atom stereocenters. The molecule has 108 valence electrons. The molecule has 0 bridgehead atoms. The number of Topliss-reactive ketones (excluding diaryl/α,β-unsaturated/α-hetero) is 1. The second-order valence-electron chi connectivity index (χ2n) is 4.64. The molecule has 0 aromatic heterocycles. The molecule has 5 heteroatoms. The molecular formula is C16H16N2O3. The number of nitro groups is 1. The van der Waals surface area contributed by atoms with Crippen LogP contribution in [-0.4, -0.2) is 17.3 Å². The molecule has 0 aliphatic carbocycles. The summed E-state index contributed by atoms with van der Waals surface area (Å²) in [5.74, 6) is -0.0227. The fourth-order valence-corrected chi connectivity index (χ4v) is 1.94. The smallest absolute Gasteiger partial charge is 0.269 e. The summed E-state index contributed by atoms with van der Waals surface area (Å²) in [7, 11) is 0. The van der Waals surface area contributed by atoms with Crippen LogP contribution in [0.2, 0.25) is 0 Å². The van der Waals surface area contributed by atoms with Gasteiger partial charge in [-0.3, -0.25) is 14.9 Å². The van der Waals surface area contributed by atoms with Crippen LogP contribution < -0.4 is 5.32 Å². The topological polar surface area (TPSA) is 72.2 Å². The Morgan fingerprint density at radius 2 is 1.71 bits per heavy atom. The van der Waals surface area contributed by atoms with E-state index in [0.717, 1.165) is 0 Å². The van der Waals surface area contributed by atoms with E-state index >= 15 is 0 Å². The number of non-ortho nitro benzene ring substituents is 1. The van der Waals surface area contributed by atoms with Gasteiger partial charge in [0.15, 0.2) is 5.78 Å². The minimum atomic E-state index is -0.477. The van der Waals surface area contributed by atoms with E-state index in [9.17, 15) is 14.9 Å².